The van der Waals surface area contributed by atoms with Gasteiger partial charge in [-0.05, 0) is 25.1 Å². The highest BCUT2D eigenvalue weighted by Gasteiger charge is 2.12. The standard InChI is InChI=1S/C18H15N5O3/c1-11-5-15(22-10-21-11)18-23-16-6-14(8-20-17(16)26-18)25-9-12-3-4-13(24-2)7-19-12/h3-8,10H,9H2,1-2H3. The minimum absolute atomic E-state index is 0.312. The number of fused-ring (bicyclic) bond motifs is 1. The first-order valence-corrected chi connectivity index (χ1v) is 7.88. The van der Waals surface area contributed by atoms with Crippen LogP contribution >= 0.6 is 0 Å². The summed E-state index contributed by atoms with van der Waals surface area (Å²) in [4.78, 5) is 21.2. The van der Waals surface area contributed by atoms with Gasteiger partial charge in [0, 0.05) is 11.8 Å². The molecule has 0 fully saturated rings. The number of aromatic nitrogens is 5. The zero-order valence-corrected chi connectivity index (χ0v) is 14.2. The number of aryl methyl sites for hydroxylation is 1. The van der Waals surface area contributed by atoms with Gasteiger partial charge in [-0.1, -0.05) is 0 Å². The maximum Gasteiger partial charge on any atom is 0.248 e. The van der Waals surface area contributed by atoms with Gasteiger partial charge in [0.2, 0.25) is 11.6 Å². The van der Waals surface area contributed by atoms with E-state index in [1.807, 2.05) is 19.1 Å². The van der Waals surface area contributed by atoms with Crippen molar-refractivity contribution in [2.24, 2.45) is 0 Å². The zero-order valence-electron chi connectivity index (χ0n) is 14.2. The monoisotopic (exact) mass is 349 g/mol. The maximum absolute atomic E-state index is 5.73. The van der Waals surface area contributed by atoms with Crippen LogP contribution in [-0.4, -0.2) is 32.0 Å². The molecule has 0 spiro atoms. The van der Waals surface area contributed by atoms with E-state index in [1.54, 1.807) is 31.6 Å². The Labute approximate surface area is 148 Å². The van der Waals surface area contributed by atoms with E-state index >= 15 is 0 Å². The number of ether oxygens (including phenoxy) is 2. The van der Waals surface area contributed by atoms with Crippen molar-refractivity contribution in [3.63, 3.8) is 0 Å². The molecule has 0 radical (unpaired) electrons. The fourth-order valence-electron chi connectivity index (χ4n) is 2.34. The molecule has 4 aromatic heterocycles. The van der Waals surface area contributed by atoms with Crippen LogP contribution in [0.4, 0.5) is 0 Å². The molecular weight excluding hydrogens is 334 g/mol. The fraction of sp³-hybridized carbons (Fsp3) is 0.167. The summed E-state index contributed by atoms with van der Waals surface area (Å²) in [6, 6.07) is 7.25. The predicted octanol–water partition coefficient (Wildman–Crippen LogP) is 2.97. The van der Waals surface area contributed by atoms with E-state index in [-0.39, 0.29) is 0 Å². The van der Waals surface area contributed by atoms with Gasteiger partial charge in [0.1, 0.15) is 35.6 Å². The molecule has 0 amide bonds. The average molecular weight is 349 g/mol. The molecular formula is C18H15N5O3. The second-order valence-corrected chi connectivity index (χ2v) is 5.54. The Morgan fingerprint density at radius 1 is 1.00 bits per heavy atom. The van der Waals surface area contributed by atoms with E-state index in [0.717, 1.165) is 11.4 Å². The molecule has 0 aliphatic carbocycles. The number of hydrogen-bond donors (Lipinski definition) is 0. The van der Waals surface area contributed by atoms with Crippen LogP contribution in [0, 0.1) is 6.92 Å². The first kappa shape index (κ1) is 15.9. The quantitative estimate of drug-likeness (QED) is 0.542. The Morgan fingerprint density at radius 3 is 2.65 bits per heavy atom. The molecule has 0 saturated carbocycles. The molecule has 8 nitrogen and oxygen atoms in total. The Balaban J connectivity index is 1.53. The van der Waals surface area contributed by atoms with Crippen molar-refractivity contribution in [2.45, 2.75) is 13.5 Å². The van der Waals surface area contributed by atoms with E-state index in [4.69, 9.17) is 13.9 Å². The Hall–Kier alpha value is -3.55. The lowest BCUT2D eigenvalue weighted by Gasteiger charge is -2.05. The van der Waals surface area contributed by atoms with Crippen molar-refractivity contribution in [1.29, 1.82) is 0 Å². The number of methoxy groups -OCH3 is 1. The minimum atomic E-state index is 0.312. The van der Waals surface area contributed by atoms with Crippen LogP contribution < -0.4 is 9.47 Å². The first-order valence-electron chi connectivity index (χ1n) is 7.88. The average Bonchev–Trinajstić information content (AvgIpc) is 3.10. The Bertz CT molecular complexity index is 1050. The smallest absolute Gasteiger partial charge is 0.248 e. The molecule has 4 aromatic rings. The van der Waals surface area contributed by atoms with E-state index in [0.29, 0.717) is 40.9 Å². The molecule has 0 aliphatic heterocycles. The third-order valence-corrected chi connectivity index (χ3v) is 3.67. The Morgan fingerprint density at radius 2 is 1.88 bits per heavy atom. The molecule has 4 rings (SSSR count). The lowest BCUT2D eigenvalue weighted by molar-refractivity contribution is 0.300. The van der Waals surface area contributed by atoms with E-state index < -0.39 is 0 Å². The van der Waals surface area contributed by atoms with Gasteiger partial charge in [0.05, 0.1) is 25.2 Å². The van der Waals surface area contributed by atoms with Crippen molar-refractivity contribution in [2.75, 3.05) is 7.11 Å². The van der Waals surface area contributed by atoms with Gasteiger partial charge in [0.15, 0.2) is 0 Å². The Kier molecular flexibility index (Phi) is 4.14. The summed E-state index contributed by atoms with van der Waals surface area (Å²) in [5.74, 6) is 1.67. The zero-order chi connectivity index (χ0) is 17.9. The summed E-state index contributed by atoms with van der Waals surface area (Å²) in [7, 11) is 1.60. The first-order chi connectivity index (χ1) is 12.7. The lowest BCUT2D eigenvalue weighted by Crippen LogP contribution is -1.98. The summed E-state index contributed by atoms with van der Waals surface area (Å²) in [6.07, 6.45) is 4.71. The summed E-state index contributed by atoms with van der Waals surface area (Å²) in [6.45, 7) is 2.19. The molecule has 130 valence electrons. The highest BCUT2D eigenvalue weighted by molar-refractivity contribution is 5.73. The highest BCUT2D eigenvalue weighted by atomic mass is 16.5. The largest absolute Gasteiger partial charge is 0.495 e. The minimum Gasteiger partial charge on any atom is -0.495 e. The van der Waals surface area contributed by atoms with Gasteiger partial charge in [-0.3, -0.25) is 4.98 Å². The molecule has 0 atom stereocenters. The fourth-order valence-corrected chi connectivity index (χ4v) is 2.34. The van der Waals surface area contributed by atoms with Crippen molar-refractivity contribution in [1.82, 2.24) is 24.9 Å². The second-order valence-electron chi connectivity index (χ2n) is 5.54. The van der Waals surface area contributed by atoms with Gasteiger partial charge >= 0.3 is 0 Å². The summed E-state index contributed by atoms with van der Waals surface area (Å²) < 4.78 is 16.5. The molecule has 0 bridgehead atoms. The highest BCUT2D eigenvalue weighted by Crippen LogP contribution is 2.24. The molecule has 0 N–H and O–H groups in total. The third kappa shape index (κ3) is 3.30. The maximum atomic E-state index is 5.73. The molecule has 0 aliphatic rings. The summed E-state index contributed by atoms with van der Waals surface area (Å²) >= 11 is 0. The van der Waals surface area contributed by atoms with Crippen LogP contribution in [-0.2, 0) is 6.61 Å². The molecule has 26 heavy (non-hydrogen) atoms. The van der Waals surface area contributed by atoms with Crippen molar-refractivity contribution in [3.8, 4) is 23.1 Å². The number of pyridine rings is 2. The van der Waals surface area contributed by atoms with Crippen LogP contribution in [0.1, 0.15) is 11.4 Å². The van der Waals surface area contributed by atoms with Crippen LogP contribution in [0.3, 0.4) is 0 Å². The SMILES string of the molecule is COc1ccc(COc2cnc3oc(-c4cc(C)ncn4)nc3c2)nc1. The molecule has 0 aromatic carbocycles. The number of nitrogens with zero attached hydrogens (tertiary/aromatic N) is 5. The van der Waals surface area contributed by atoms with Crippen LogP contribution in [0.25, 0.3) is 22.8 Å². The summed E-state index contributed by atoms with van der Waals surface area (Å²) in [5, 5.41) is 0. The normalized spacial score (nSPS) is 10.8. The second kappa shape index (κ2) is 6.75. The van der Waals surface area contributed by atoms with E-state index in [9.17, 15) is 0 Å². The van der Waals surface area contributed by atoms with Crippen LogP contribution in [0.5, 0.6) is 11.5 Å². The van der Waals surface area contributed by atoms with Gasteiger partial charge in [-0.2, -0.15) is 0 Å². The number of oxazole rings is 1. The lowest BCUT2D eigenvalue weighted by atomic mass is 10.3. The molecule has 8 heteroatoms. The van der Waals surface area contributed by atoms with Crippen LogP contribution in [0.2, 0.25) is 0 Å². The number of rotatable bonds is 5. The topological polar surface area (TPSA) is 96.1 Å². The molecule has 0 unspecified atom stereocenters. The van der Waals surface area contributed by atoms with Crippen molar-refractivity contribution in [3.05, 3.63) is 54.4 Å². The van der Waals surface area contributed by atoms with Crippen molar-refractivity contribution >= 4 is 11.2 Å². The van der Waals surface area contributed by atoms with Gasteiger partial charge in [-0.15, -0.1) is 0 Å². The summed E-state index contributed by atoms with van der Waals surface area (Å²) in [5.41, 5.74) is 3.24. The van der Waals surface area contributed by atoms with Gasteiger partial charge in [0.25, 0.3) is 0 Å². The predicted molar refractivity (Wildman–Crippen MR) is 92.7 cm³/mol. The van der Waals surface area contributed by atoms with E-state index in [1.165, 1.54) is 6.33 Å². The van der Waals surface area contributed by atoms with E-state index in [2.05, 4.69) is 24.9 Å². The van der Waals surface area contributed by atoms with Crippen molar-refractivity contribution < 1.29 is 13.9 Å². The van der Waals surface area contributed by atoms with Gasteiger partial charge in [-0.25, -0.2) is 19.9 Å². The third-order valence-electron chi connectivity index (χ3n) is 3.67. The molecule has 4 heterocycles. The molecule has 0 saturated heterocycles. The van der Waals surface area contributed by atoms with Gasteiger partial charge < -0.3 is 13.9 Å². The van der Waals surface area contributed by atoms with Crippen LogP contribution in [0.15, 0.2) is 47.4 Å². The number of hydrogen-bond acceptors (Lipinski definition) is 8.